The summed E-state index contributed by atoms with van der Waals surface area (Å²) in [5.41, 5.74) is 1.84. The lowest BCUT2D eigenvalue weighted by Gasteiger charge is -2.26. The van der Waals surface area contributed by atoms with Crippen molar-refractivity contribution in [1.82, 2.24) is 10.2 Å². The van der Waals surface area contributed by atoms with E-state index >= 15 is 0 Å². The van der Waals surface area contributed by atoms with E-state index in [1.54, 1.807) is 0 Å². The van der Waals surface area contributed by atoms with Crippen LogP contribution in [0, 0.1) is 0 Å². The molecule has 0 aromatic heterocycles. The second kappa shape index (κ2) is 12.8. The lowest BCUT2D eigenvalue weighted by atomic mass is 10.1. The number of hydrogen-bond donors (Lipinski definition) is 2. The summed E-state index contributed by atoms with van der Waals surface area (Å²) in [6.07, 6.45) is 5.63. The fourth-order valence-electron chi connectivity index (χ4n) is 5.01. The maximum atomic E-state index is 12.6. The molecule has 2 aliphatic heterocycles. The molecule has 196 valence electrons. The molecule has 0 spiro atoms. The summed E-state index contributed by atoms with van der Waals surface area (Å²) in [5.74, 6) is 1.67. The highest BCUT2D eigenvalue weighted by Crippen LogP contribution is 2.32. The van der Waals surface area contributed by atoms with Crippen LogP contribution in [0.4, 0.5) is 10.5 Å². The Bertz CT molecular complexity index is 1160. The second-order valence-corrected chi connectivity index (χ2v) is 9.83. The van der Waals surface area contributed by atoms with Gasteiger partial charge >= 0.3 is 6.03 Å². The molecule has 2 aliphatic rings. The summed E-state index contributed by atoms with van der Waals surface area (Å²) in [4.78, 5) is 15.1. The molecule has 2 amide bonds. The molecule has 3 aromatic rings. The van der Waals surface area contributed by atoms with Gasteiger partial charge in [0.1, 0.15) is 24.7 Å². The van der Waals surface area contributed by atoms with Gasteiger partial charge in [0.15, 0.2) is 0 Å². The van der Waals surface area contributed by atoms with Crippen molar-refractivity contribution in [2.24, 2.45) is 0 Å². The van der Waals surface area contributed by atoms with Gasteiger partial charge in [-0.05, 0) is 68.6 Å². The summed E-state index contributed by atoms with van der Waals surface area (Å²) < 4.78 is 17.5. The second-order valence-electron chi connectivity index (χ2n) is 9.83. The summed E-state index contributed by atoms with van der Waals surface area (Å²) in [6.45, 7) is 5.91. The zero-order valence-corrected chi connectivity index (χ0v) is 21.4. The third-order valence-electron chi connectivity index (χ3n) is 7.13. The van der Waals surface area contributed by atoms with E-state index in [1.807, 2.05) is 48.5 Å². The van der Waals surface area contributed by atoms with Crippen molar-refractivity contribution in [2.75, 3.05) is 44.8 Å². The number of carbonyl (C=O) groups excluding carboxylic acids is 1. The van der Waals surface area contributed by atoms with Crippen LogP contribution < -0.4 is 20.1 Å². The van der Waals surface area contributed by atoms with Crippen LogP contribution in [-0.2, 0) is 11.3 Å². The number of ether oxygens (including phenoxy) is 3. The predicted molar refractivity (Wildman–Crippen MR) is 147 cm³/mol. The van der Waals surface area contributed by atoms with Gasteiger partial charge in [-0.25, -0.2) is 4.79 Å². The van der Waals surface area contributed by atoms with Crippen LogP contribution in [0.5, 0.6) is 11.5 Å². The van der Waals surface area contributed by atoms with Gasteiger partial charge in [-0.3, -0.25) is 4.90 Å². The number of urea groups is 1. The first-order valence-corrected chi connectivity index (χ1v) is 13.5. The summed E-state index contributed by atoms with van der Waals surface area (Å²) >= 11 is 0. The van der Waals surface area contributed by atoms with Gasteiger partial charge in [0.05, 0.1) is 5.69 Å². The SMILES string of the molecule is O=C(Nc1ccc(OCc2ccc(OCCN3CCCCC3)cc2)c2ccccc12)NC1CCOCC1. The quantitative estimate of drug-likeness (QED) is 0.399. The van der Waals surface area contributed by atoms with Gasteiger partial charge in [-0.2, -0.15) is 0 Å². The largest absolute Gasteiger partial charge is 0.492 e. The molecule has 7 heteroatoms. The number of nitrogens with zero attached hydrogens (tertiary/aromatic N) is 1. The summed E-state index contributed by atoms with van der Waals surface area (Å²) in [6, 6.07) is 19.9. The highest BCUT2D eigenvalue weighted by atomic mass is 16.5. The van der Waals surface area contributed by atoms with Crippen LogP contribution in [-0.4, -0.2) is 56.4 Å². The average Bonchev–Trinajstić information content (AvgIpc) is 2.94. The monoisotopic (exact) mass is 503 g/mol. The zero-order chi connectivity index (χ0) is 25.3. The molecule has 0 bridgehead atoms. The van der Waals surface area contributed by atoms with Crippen LogP contribution in [0.15, 0.2) is 60.7 Å². The van der Waals surface area contributed by atoms with Gasteiger partial charge in [-0.15, -0.1) is 0 Å². The van der Waals surface area contributed by atoms with Crippen LogP contribution in [0.2, 0.25) is 0 Å². The maximum absolute atomic E-state index is 12.6. The number of rotatable bonds is 9. The Labute approximate surface area is 219 Å². The first kappa shape index (κ1) is 25.4. The molecule has 2 heterocycles. The zero-order valence-electron chi connectivity index (χ0n) is 21.4. The van der Waals surface area contributed by atoms with E-state index in [2.05, 4.69) is 27.7 Å². The molecule has 2 saturated heterocycles. The first-order chi connectivity index (χ1) is 18.2. The number of benzene rings is 3. The van der Waals surface area contributed by atoms with Crippen LogP contribution in [0.1, 0.15) is 37.7 Å². The number of anilines is 1. The number of likely N-dealkylation sites (tertiary alicyclic amines) is 1. The number of hydrogen-bond acceptors (Lipinski definition) is 5. The van der Waals surface area contributed by atoms with Crippen molar-refractivity contribution in [3.8, 4) is 11.5 Å². The first-order valence-electron chi connectivity index (χ1n) is 13.5. The molecule has 0 atom stereocenters. The van der Waals surface area contributed by atoms with E-state index in [9.17, 15) is 4.79 Å². The van der Waals surface area contributed by atoms with Gasteiger partial charge in [0.25, 0.3) is 0 Å². The Kier molecular flexibility index (Phi) is 8.77. The molecule has 2 N–H and O–H groups in total. The molecular formula is C30H37N3O4. The van der Waals surface area contributed by atoms with E-state index in [0.717, 1.165) is 59.5 Å². The Balaban J connectivity index is 1.15. The van der Waals surface area contributed by atoms with Crippen molar-refractivity contribution in [3.05, 3.63) is 66.2 Å². The highest BCUT2D eigenvalue weighted by molar-refractivity contribution is 6.03. The fourth-order valence-corrected chi connectivity index (χ4v) is 5.01. The van der Waals surface area contributed by atoms with Crippen LogP contribution >= 0.6 is 0 Å². The summed E-state index contributed by atoms with van der Waals surface area (Å²) in [5, 5.41) is 7.97. The van der Waals surface area contributed by atoms with Gasteiger partial charge in [0, 0.05) is 36.6 Å². The maximum Gasteiger partial charge on any atom is 0.319 e. The average molecular weight is 504 g/mol. The van der Waals surface area contributed by atoms with Crippen LogP contribution in [0.25, 0.3) is 10.8 Å². The molecule has 0 aliphatic carbocycles. The Morgan fingerprint density at radius 1 is 0.892 bits per heavy atom. The molecule has 0 radical (unpaired) electrons. The smallest absolute Gasteiger partial charge is 0.319 e. The highest BCUT2D eigenvalue weighted by Gasteiger charge is 2.17. The molecule has 3 aromatic carbocycles. The van der Waals surface area contributed by atoms with E-state index in [0.29, 0.717) is 19.8 Å². The van der Waals surface area contributed by atoms with E-state index in [1.165, 1.54) is 32.4 Å². The van der Waals surface area contributed by atoms with Crippen molar-refractivity contribution in [2.45, 2.75) is 44.8 Å². The van der Waals surface area contributed by atoms with Crippen molar-refractivity contribution < 1.29 is 19.0 Å². The minimum Gasteiger partial charge on any atom is -0.492 e. The fraction of sp³-hybridized carbons (Fsp3) is 0.433. The number of amides is 2. The van der Waals surface area contributed by atoms with Gasteiger partial charge in [-0.1, -0.05) is 42.8 Å². The van der Waals surface area contributed by atoms with Gasteiger partial charge < -0.3 is 24.8 Å². The van der Waals surface area contributed by atoms with E-state index < -0.39 is 0 Å². The van der Waals surface area contributed by atoms with Crippen molar-refractivity contribution in [3.63, 3.8) is 0 Å². The number of piperidine rings is 1. The summed E-state index contributed by atoms with van der Waals surface area (Å²) in [7, 11) is 0. The van der Waals surface area contributed by atoms with Crippen LogP contribution in [0.3, 0.4) is 0 Å². The Morgan fingerprint density at radius 2 is 1.65 bits per heavy atom. The minimum absolute atomic E-state index is 0.147. The minimum atomic E-state index is -0.191. The number of carbonyl (C=O) groups is 1. The Morgan fingerprint density at radius 3 is 2.43 bits per heavy atom. The molecule has 2 fully saturated rings. The van der Waals surface area contributed by atoms with Crippen molar-refractivity contribution >= 4 is 22.5 Å². The molecular weight excluding hydrogens is 466 g/mol. The van der Waals surface area contributed by atoms with E-state index in [-0.39, 0.29) is 12.1 Å². The third kappa shape index (κ3) is 7.14. The lowest BCUT2D eigenvalue weighted by molar-refractivity contribution is 0.0806. The normalized spacial score (nSPS) is 16.9. The predicted octanol–water partition coefficient (Wildman–Crippen LogP) is 5.58. The number of nitrogens with one attached hydrogen (secondary N) is 2. The number of fused-ring (bicyclic) bond motifs is 1. The van der Waals surface area contributed by atoms with Crippen molar-refractivity contribution in [1.29, 1.82) is 0 Å². The molecule has 5 rings (SSSR count). The molecule has 0 unspecified atom stereocenters. The third-order valence-corrected chi connectivity index (χ3v) is 7.13. The molecule has 7 nitrogen and oxygen atoms in total. The Hall–Kier alpha value is -3.29. The molecule has 0 saturated carbocycles. The lowest BCUT2D eigenvalue weighted by Crippen LogP contribution is -2.41. The molecule has 37 heavy (non-hydrogen) atoms. The van der Waals surface area contributed by atoms with E-state index in [4.69, 9.17) is 14.2 Å². The topological polar surface area (TPSA) is 72.1 Å². The standard InChI is InChI=1S/C30H37N3O4/c34-30(31-24-14-19-35-20-15-24)32-28-12-13-29(27-7-3-2-6-26(27)28)37-22-23-8-10-25(11-9-23)36-21-18-33-16-4-1-5-17-33/h2-3,6-13,24H,1,4-5,14-22H2,(H2,31,32,34). The van der Waals surface area contributed by atoms with Gasteiger partial charge in [0.2, 0.25) is 0 Å².